The van der Waals surface area contributed by atoms with Crippen molar-refractivity contribution in [2.75, 3.05) is 33.3 Å². The zero-order valence-electron chi connectivity index (χ0n) is 14.5. The number of rotatable bonds is 7. The standard InChI is InChI=1S/C18H18FNO6/c1-23-14-8-11(9-15(24-2)17(14)25-3)18(22)26-10-16(21)20-13-7-5-4-6-12(13)19/h4-9H,10H2,1-3H3,(H,20,21). The van der Waals surface area contributed by atoms with Crippen LogP contribution in [-0.2, 0) is 9.53 Å². The van der Waals surface area contributed by atoms with E-state index in [4.69, 9.17) is 18.9 Å². The molecule has 7 nitrogen and oxygen atoms in total. The molecule has 2 rings (SSSR count). The van der Waals surface area contributed by atoms with Gasteiger partial charge in [0.1, 0.15) is 5.82 Å². The summed E-state index contributed by atoms with van der Waals surface area (Å²) in [6.45, 7) is -0.580. The second-order valence-electron chi connectivity index (χ2n) is 5.02. The second-order valence-corrected chi connectivity index (χ2v) is 5.02. The largest absolute Gasteiger partial charge is 0.493 e. The topological polar surface area (TPSA) is 83.1 Å². The Morgan fingerprint density at radius 1 is 1.00 bits per heavy atom. The van der Waals surface area contributed by atoms with Gasteiger partial charge in [0.05, 0.1) is 32.6 Å². The van der Waals surface area contributed by atoms with E-state index in [1.54, 1.807) is 6.07 Å². The molecule has 0 unspecified atom stereocenters. The van der Waals surface area contributed by atoms with Gasteiger partial charge >= 0.3 is 5.97 Å². The number of anilines is 1. The van der Waals surface area contributed by atoms with Gasteiger partial charge in [-0.25, -0.2) is 9.18 Å². The van der Waals surface area contributed by atoms with Crippen LogP contribution in [0.2, 0.25) is 0 Å². The molecule has 8 heteroatoms. The lowest BCUT2D eigenvalue weighted by atomic mass is 10.2. The zero-order valence-corrected chi connectivity index (χ0v) is 14.5. The van der Waals surface area contributed by atoms with Crippen LogP contribution in [0.4, 0.5) is 10.1 Å². The molecule has 0 aromatic heterocycles. The maximum atomic E-state index is 13.5. The number of carbonyl (C=O) groups excluding carboxylic acids is 2. The highest BCUT2D eigenvalue weighted by Crippen LogP contribution is 2.38. The van der Waals surface area contributed by atoms with Crippen molar-refractivity contribution >= 4 is 17.6 Å². The van der Waals surface area contributed by atoms with E-state index < -0.39 is 24.3 Å². The minimum Gasteiger partial charge on any atom is -0.493 e. The molecule has 0 heterocycles. The van der Waals surface area contributed by atoms with Crippen LogP contribution in [0.15, 0.2) is 36.4 Å². The Morgan fingerprint density at radius 3 is 2.15 bits per heavy atom. The van der Waals surface area contributed by atoms with Gasteiger partial charge in [-0.1, -0.05) is 12.1 Å². The van der Waals surface area contributed by atoms with Crippen molar-refractivity contribution in [3.05, 3.63) is 47.8 Å². The number of benzene rings is 2. The van der Waals surface area contributed by atoms with Crippen molar-refractivity contribution in [1.82, 2.24) is 0 Å². The van der Waals surface area contributed by atoms with Gasteiger partial charge in [-0.05, 0) is 24.3 Å². The monoisotopic (exact) mass is 363 g/mol. The Bertz CT molecular complexity index is 783. The summed E-state index contributed by atoms with van der Waals surface area (Å²) in [5.74, 6) is -1.16. The minimum absolute atomic E-state index is 0.00124. The van der Waals surface area contributed by atoms with Crippen molar-refractivity contribution in [2.45, 2.75) is 0 Å². The molecule has 2 aromatic rings. The molecule has 0 aliphatic rings. The molecule has 138 valence electrons. The summed E-state index contributed by atoms with van der Waals surface area (Å²) in [4.78, 5) is 24.0. The van der Waals surface area contributed by atoms with Crippen molar-refractivity contribution in [1.29, 1.82) is 0 Å². The summed E-state index contributed by atoms with van der Waals surface area (Å²) >= 11 is 0. The van der Waals surface area contributed by atoms with Gasteiger partial charge in [0.15, 0.2) is 18.1 Å². The summed E-state index contributed by atoms with van der Waals surface area (Å²) < 4.78 is 33.9. The Morgan fingerprint density at radius 2 is 1.62 bits per heavy atom. The van der Waals surface area contributed by atoms with Gasteiger partial charge in [0, 0.05) is 0 Å². The van der Waals surface area contributed by atoms with Gasteiger partial charge in [0.2, 0.25) is 5.75 Å². The Labute approximate surface area is 149 Å². The summed E-state index contributed by atoms with van der Waals surface area (Å²) in [6, 6.07) is 8.47. The lowest BCUT2D eigenvalue weighted by molar-refractivity contribution is -0.119. The second kappa shape index (κ2) is 8.70. The maximum Gasteiger partial charge on any atom is 0.338 e. The van der Waals surface area contributed by atoms with E-state index in [1.807, 2.05) is 0 Å². The van der Waals surface area contributed by atoms with Crippen LogP contribution in [0, 0.1) is 5.82 Å². The third kappa shape index (κ3) is 4.41. The number of para-hydroxylation sites is 1. The SMILES string of the molecule is COc1cc(C(=O)OCC(=O)Nc2ccccc2F)cc(OC)c1OC. The molecule has 0 fully saturated rings. The first kappa shape index (κ1) is 19.0. The third-order valence-electron chi connectivity index (χ3n) is 3.38. The van der Waals surface area contributed by atoms with E-state index in [0.717, 1.165) is 0 Å². The summed E-state index contributed by atoms with van der Waals surface area (Å²) in [5, 5.41) is 2.32. The normalized spacial score (nSPS) is 10.0. The van der Waals surface area contributed by atoms with E-state index in [9.17, 15) is 14.0 Å². The number of methoxy groups -OCH3 is 3. The molecule has 0 atom stereocenters. The highest BCUT2D eigenvalue weighted by Gasteiger charge is 2.18. The van der Waals surface area contributed by atoms with Crippen LogP contribution >= 0.6 is 0 Å². The van der Waals surface area contributed by atoms with Crippen molar-refractivity contribution in [3.8, 4) is 17.2 Å². The van der Waals surface area contributed by atoms with Gasteiger partial charge in [0.25, 0.3) is 5.91 Å². The predicted octanol–water partition coefficient (Wildman–Crippen LogP) is 2.65. The molecule has 1 amide bonds. The Hall–Kier alpha value is -3.29. The third-order valence-corrected chi connectivity index (χ3v) is 3.38. The molecule has 2 aromatic carbocycles. The van der Waals surface area contributed by atoms with Crippen LogP contribution in [-0.4, -0.2) is 39.8 Å². The Kier molecular flexibility index (Phi) is 6.37. The molecule has 26 heavy (non-hydrogen) atoms. The first-order valence-electron chi connectivity index (χ1n) is 7.51. The molecular formula is C18H18FNO6. The van der Waals surface area contributed by atoms with Crippen molar-refractivity contribution in [3.63, 3.8) is 0 Å². The highest BCUT2D eigenvalue weighted by atomic mass is 19.1. The van der Waals surface area contributed by atoms with Crippen LogP contribution in [0.5, 0.6) is 17.2 Å². The average Bonchev–Trinajstić information content (AvgIpc) is 2.66. The molecule has 0 radical (unpaired) electrons. The number of halogens is 1. The van der Waals surface area contributed by atoms with Crippen LogP contribution in [0.25, 0.3) is 0 Å². The smallest absolute Gasteiger partial charge is 0.338 e. The fraction of sp³-hybridized carbons (Fsp3) is 0.222. The molecule has 1 N–H and O–H groups in total. The first-order chi connectivity index (χ1) is 12.5. The number of nitrogens with one attached hydrogen (secondary N) is 1. The predicted molar refractivity (Wildman–Crippen MR) is 91.4 cm³/mol. The Balaban J connectivity index is 2.05. The molecule has 0 aliphatic heterocycles. The summed E-state index contributed by atoms with van der Waals surface area (Å²) in [6.07, 6.45) is 0. The maximum absolute atomic E-state index is 13.5. The number of esters is 1. The quantitative estimate of drug-likeness (QED) is 0.762. The zero-order chi connectivity index (χ0) is 19.1. The van der Waals surface area contributed by atoms with E-state index in [1.165, 1.54) is 51.7 Å². The molecule has 0 spiro atoms. The van der Waals surface area contributed by atoms with Crippen molar-refractivity contribution < 1.29 is 32.9 Å². The fourth-order valence-corrected chi connectivity index (χ4v) is 2.16. The molecule has 0 bridgehead atoms. The fourth-order valence-electron chi connectivity index (χ4n) is 2.16. The number of ether oxygens (including phenoxy) is 4. The van der Waals surface area contributed by atoms with Crippen molar-refractivity contribution in [2.24, 2.45) is 0 Å². The number of carbonyl (C=O) groups is 2. The lowest BCUT2D eigenvalue weighted by Crippen LogP contribution is -2.21. The van der Waals surface area contributed by atoms with Crippen LogP contribution in [0.3, 0.4) is 0 Å². The van der Waals surface area contributed by atoms with E-state index in [-0.39, 0.29) is 22.7 Å². The lowest BCUT2D eigenvalue weighted by Gasteiger charge is -2.13. The van der Waals surface area contributed by atoms with Gasteiger partial charge in [-0.3, -0.25) is 4.79 Å². The van der Waals surface area contributed by atoms with Crippen LogP contribution < -0.4 is 19.5 Å². The number of hydrogen-bond acceptors (Lipinski definition) is 6. The number of hydrogen-bond donors (Lipinski definition) is 1. The molecular weight excluding hydrogens is 345 g/mol. The van der Waals surface area contributed by atoms with Crippen LogP contribution in [0.1, 0.15) is 10.4 Å². The highest BCUT2D eigenvalue weighted by molar-refractivity contribution is 5.96. The van der Waals surface area contributed by atoms with Gasteiger partial charge < -0.3 is 24.3 Å². The van der Waals surface area contributed by atoms with Gasteiger partial charge in [-0.15, -0.1) is 0 Å². The average molecular weight is 363 g/mol. The molecule has 0 aliphatic carbocycles. The summed E-state index contributed by atoms with van der Waals surface area (Å²) in [7, 11) is 4.26. The van der Waals surface area contributed by atoms with E-state index in [0.29, 0.717) is 5.75 Å². The first-order valence-corrected chi connectivity index (χ1v) is 7.51. The molecule has 0 saturated heterocycles. The van der Waals surface area contributed by atoms with Gasteiger partial charge in [-0.2, -0.15) is 0 Å². The summed E-state index contributed by atoms with van der Waals surface area (Å²) in [5.41, 5.74) is 0.111. The number of amides is 1. The van der Waals surface area contributed by atoms with E-state index in [2.05, 4.69) is 5.32 Å². The minimum atomic E-state index is -0.770. The molecule has 0 saturated carbocycles. The van der Waals surface area contributed by atoms with E-state index >= 15 is 0 Å².